The predicted octanol–water partition coefficient (Wildman–Crippen LogP) is 3.16. The first kappa shape index (κ1) is 19.1. The summed E-state index contributed by atoms with van der Waals surface area (Å²) in [6.45, 7) is 3.56. The molecule has 0 bridgehead atoms. The van der Waals surface area contributed by atoms with E-state index in [0.717, 1.165) is 18.5 Å². The Labute approximate surface area is 174 Å². The highest BCUT2D eigenvalue weighted by atomic mass is 16.3. The van der Waals surface area contributed by atoms with Gasteiger partial charge in [-0.2, -0.15) is 0 Å². The largest absolute Gasteiger partial charge is 0.438 e. The van der Waals surface area contributed by atoms with Gasteiger partial charge in [0.15, 0.2) is 12.0 Å². The van der Waals surface area contributed by atoms with Crippen molar-refractivity contribution in [3.63, 3.8) is 0 Å². The van der Waals surface area contributed by atoms with Crippen molar-refractivity contribution in [3.8, 4) is 0 Å². The molecule has 4 heterocycles. The van der Waals surface area contributed by atoms with E-state index in [0.29, 0.717) is 30.3 Å². The number of pyridine rings is 1. The Balaban J connectivity index is 1.45. The van der Waals surface area contributed by atoms with Gasteiger partial charge in [0.25, 0.3) is 5.91 Å². The first-order chi connectivity index (χ1) is 14.6. The molecule has 0 N–H and O–H groups in total. The Bertz CT molecular complexity index is 1120. The zero-order valence-electron chi connectivity index (χ0n) is 17.3. The normalized spacial score (nSPS) is 20.3. The van der Waals surface area contributed by atoms with Crippen molar-refractivity contribution in [1.82, 2.24) is 24.0 Å². The monoisotopic (exact) mass is 409 g/mol. The van der Waals surface area contributed by atoms with Crippen LogP contribution in [0.1, 0.15) is 60.8 Å². The van der Waals surface area contributed by atoms with Crippen molar-refractivity contribution in [2.24, 2.45) is 5.92 Å². The molecule has 1 aliphatic heterocycles. The highest BCUT2D eigenvalue weighted by Crippen LogP contribution is 2.28. The van der Waals surface area contributed by atoms with E-state index in [9.17, 15) is 9.59 Å². The van der Waals surface area contributed by atoms with Gasteiger partial charge in [-0.1, -0.05) is 19.3 Å². The van der Waals surface area contributed by atoms with E-state index in [2.05, 4.69) is 9.97 Å². The molecule has 2 aliphatic rings. The minimum absolute atomic E-state index is 0.00980. The molecule has 2 fully saturated rings. The molecular formula is C22H27N5O3. The van der Waals surface area contributed by atoms with Gasteiger partial charge in [-0.25, -0.2) is 14.8 Å². The standard InChI is InChI=1S/C22H27N5O3/c1-15-19(30-14-24-15)21(28)25-11-9-17(13-25)27-20-18(8-5-10-23-20)26(22(27)29)12-16-6-3-2-4-7-16/h5,8,10,14,16-17H,2-4,6-7,9,11-13H2,1H3/t17-/m1/s1. The van der Waals surface area contributed by atoms with Crippen LogP contribution in [0.25, 0.3) is 11.2 Å². The van der Waals surface area contributed by atoms with Crippen molar-refractivity contribution < 1.29 is 9.21 Å². The van der Waals surface area contributed by atoms with Gasteiger partial charge in [0, 0.05) is 25.8 Å². The molecule has 0 spiro atoms. The van der Waals surface area contributed by atoms with Crippen LogP contribution in [-0.4, -0.2) is 43.0 Å². The second-order valence-corrected chi connectivity index (χ2v) is 8.57. The lowest BCUT2D eigenvalue weighted by atomic mass is 9.89. The second kappa shape index (κ2) is 7.74. The molecular weight excluding hydrogens is 382 g/mol. The molecule has 0 aromatic carbocycles. The van der Waals surface area contributed by atoms with E-state index in [-0.39, 0.29) is 23.4 Å². The van der Waals surface area contributed by atoms with Crippen LogP contribution in [0, 0.1) is 12.8 Å². The molecule has 8 heteroatoms. The molecule has 30 heavy (non-hydrogen) atoms. The molecule has 3 aromatic heterocycles. The number of fused-ring (bicyclic) bond motifs is 1. The maximum Gasteiger partial charge on any atom is 0.330 e. The maximum absolute atomic E-state index is 13.5. The maximum atomic E-state index is 13.5. The fraction of sp³-hybridized carbons (Fsp3) is 0.545. The van der Waals surface area contributed by atoms with Crippen LogP contribution in [0.15, 0.2) is 33.9 Å². The number of carbonyl (C=O) groups excluding carboxylic acids is 1. The van der Waals surface area contributed by atoms with Crippen LogP contribution in [0.4, 0.5) is 0 Å². The Kier molecular flexibility index (Phi) is 4.92. The van der Waals surface area contributed by atoms with Crippen LogP contribution in [-0.2, 0) is 6.54 Å². The van der Waals surface area contributed by atoms with Crippen molar-refractivity contribution >= 4 is 17.1 Å². The molecule has 0 radical (unpaired) electrons. The third-order valence-corrected chi connectivity index (χ3v) is 6.64. The molecule has 1 amide bonds. The van der Waals surface area contributed by atoms with E-state index in [1.165, 1.54) is 38.5 Å². The minimum Gasteiger partial charge on any atom is -0.438 e. The molecule has 0 unspecified atom stereocenters. The van der Waals surface area contributed by atoms with E-state index < -0.39 is 0 Å². The van der Waals surface area contributed by atoms with Crippen LogP contribution in [0.3, 0.4) is 0 Å². The summed E-state index contributed by atoms with van der Waals surface area (Å²) in [5.74, 6) is 0.659. The lowest BCUT2D eigenvalue weighted by Gasteiger charge is -2.21. The average Bonchev–Trinajstić information content (AvgIpc) is 3.47. The number of carbonyl (C=O) groups is 1. The number of rotatable bonds is 4. The fourth-order valence-corrected chi connectivity index (χ4v) is 5.03. The number of imidazole rings is 1. The first-order valence-corrected chi connectivity index (χ1v) is 10.9. The molecule has 1 saturated carbocycles. The summed E-state index contributed by atoms with van der Waals surface area (Å²) in [6.07, 6.45) is 9.91. The number of aryl methyl sites for hydroxylation is 1. The van der Waals surface area contributed by atoms with Gasteiger partial charge in [0.05, 0.1) is 17.3 Å². The number of likely N-dealkylation sites (tertiary alicyclic amines) is 1. The highest BCUT2D eigenvalue weighted by Gasteiger charge is 2.33. The molecule has 1 atom stereocenters. The molecule has 158 valence electrons. The van der Waals surface area contributed by atoms with Crippen LogP contribution < -0.4 is 5.69 Å². The van der Waals surface area contributed by atoms with Gasteiger partial charge in [-0.3, -0.25) is 13.9 Å². The number of aromatic nitrogens is 4. The summed E-state index contributed by atoms with van der Waals surface area (Å²) in [7, 11) is 0. The van der Waals surface area contributed by atoms with Crippen LogP contribution >= 0.6 is 0 Å². The topological polar surface area (TPSA) is 86.2 Å². The van der Waals surface area contributed by atoms with E-state index >= 15 is 0 Å². The summed E-state index contributed by atoms with van der Waals surface area (Å²) < 4.78 is 8.99. The van der Waals surface area contributed by atoms with Crippen LogP contribution in [0.5, 0.6) is 0 Å². The number of hydrogen-bond acceptors (Lipinski definition) is 5. The average molecular weight is 409 g/mol. The highest BCUT2D eigenvalue weighted by molar-refractivity contribution is 5.92. The number of oxazole rings is 1. The van der Waals surface area contributed by atoms with Crippen molar-refractivity contribution in [1.29, 1.82) is 0 Å². The minimum atomic E-state index is -0.167. The van der Waals surface area contributed by atoms with Gasteiger partial charge in [0.2, 0.25) is 5.76 Å². The summed E-state index contributed by atoms with van der Waals surface area (Å²) in [4.78, 5) is 36.6. The Morgan fingerprint density at radius 2 is 2.03 bits per heavy atom. The number of hydrogen-bond donors (Lipinski definition) is 0. The zero-order chi connectivity index (χ0) is 20.7. The number of amides is 1. The summed E-state index contributed by atoms with van der Waals surface area (Å²) in [5, 5.41) is 0. The lowest BCUT2D eigenvalue weighted by Crippen LogP contribution is -2.33. The fourth-order valence-electron chi connectivity index (χ4n) is 5.03. The predicted molar refractivity (Wildman–Crippen MR) is 111 cm³/mol. The van der Waals surface area contributed by atoms with Gasteiger partial charge in [-0.15, -0.1) is 0 Å². The van der Waals surface area contributed by atoms with Gasteiger partial charge < -0.3 is 9.32 Å². The molecule has 8 nitrogen and oxygen atoms in total. The molecule has 1 aliphatic carbocycles. The first-order valence-electron chi connectivity index (χ1n) is 10.9. The van der Waals surface area contributed by atoms with Crippen molar-refractivity contribution in [3.05, 3.63) is 46.7 Å². The van der Waals surface area contributed by atoms with Gasteiger partial charge >= 0.3 is 5.69 Å². The Morgan fingerprint density at radius 3 is 2.80 bits per heavy atom. The Hall–Kier alpha value is -2.90. The SMILES string of the molecule is Cc1ncoc1C(=O)N1CC[C@@H](n2c(=O)n(CC3CCCCC3)c3cccnc32)C1. The van der Waals surface area contributed by atoms with E-state index in [1.807, 2.05) is 16.7 Å². The summed E-state index contributed by atoms with van der Waals surface area (Å²) in [6, 6.07) is 3.79. The second-order valence-electron chi connectivity index (χ2n) is 8.57. The number of nitrogens with zero attached hydrogens (tertiary/aromatic N) is 5. The lowest BCUT2D eigenvalue weighted by molar-refractivity contribution is 0.0755. The van der Waals surface area contributed by atoms with Crippen LogP contribution in [0.2, 0.25) is 0 Å². The molecule has 1 saturated heterocycles. The third kappa shape index (κ3) is 3.24. The Morgan fingerprint density at radius 1 is 1.20 bits per heavy atom. The molecule has 3 aromatic rings. The molecule has 5 rings (SSSR count). The van der Waals surface area contributed by atoms with Gasteiger partial charge in [-0.05, 0) is 44.2 Å². The smallest absolute Gasteiger partial charge is 0.330 e. The van der Waals surface area contributed by atoms with Crippen molar-refractivity contribution in [2.45, 2.75) is 58.0 Å². The van der Waals surface area contributed by atoms with Gasteiger partial charge in [0.1, 0.15) is 0 Å². The zero-order valence-corrected chi connectivity index (χ0v) is 17.3. The summed E-state index contributed by atoms with van der Waals surface area (Å²) in [5.41, 5.74) is 2.19. The summed E-state index contributed by atoms with van der Waals surface area (Å²) >= 11 is 0. The van der Waals surface area contributed by atoms with E-state index in [4.69, 9.17) is 4.42 Å². The van der Waals surface area contributed by atoms with Crippen molar-refractivity contribution in [2.75, 3.05) is 13.1 Å². The third-order valence-electron chi connectivity index (χ3n) is 6.64. The van der Waals surface area contributed by atoms with E-state index in [1.54, 1.807) is 22.6 Å². The quantitative estimate of drug-likeness (QED) is 0.661.